The molecule has 0 bridgehead atoms. The van der Waals surface area contributed by atoms with E-state index in [1.165, 1.54) is 6.20 Å². The molecule has 0 spiro atoms. The summed E-state index contributed by atoms with van der Waals surface area (Å²) in [5.74, 6) is -0.439. The van der Waals surface area contributed by atoms with Gasteiger partial charge in [0, 0.05) is 30.2 Å². The molecule has 0 aliphatic carbocycles. The Hall–Kier alpha value is -3.69. The van der Waals surface area contributed by atoms with E-state index in [0.717, 1.165) is 11.1 Å². The molecule has 0 unspecified atom stereocenters. The molecule has 4 heterocycles. The van der Waals surface area contributed by atoms with Crippen molar-refractivity contribution in [2.45, 2.75) is 25.0 Å². The molecule has 1 aliphatic rings. The van der Waals surface area contributed by atoms with Gasteiger partial charge in [0.1, 0.15) is 0 Å². The number of nitrogens with zero attached hydrogens (tertiary/aromatic N) is 4. The number of pyridine rings is 1. The first kappa shape index (κ1) is 22.1. The topological polar surface area (TPSA) is 116 Å². The van der Waals surface area contributed by atoms with Crippen LogP contribution >= 0.6 is 11.6 Å². The number of likely N-dealkylation sites (tertiary alicyclic amines) is 1. The maximum atomic E-state index is 13.5. The maximum absolute atomic E-state index is 13.5. The average Bonchev–Trinajstić information content (AvgIpc) is 3.53. The number of nitrogens with one attached hydrogen (secondary N) is 2. The molecule has 0 radical (unpaired) electrons. The number of rotatable bonds is 5. The highest BCUT2D eigenvalue weighted by molar-refractivity contribution is 6.30. The lowest BCUT2D eigenvalue weighted by Gasteiger charge is -2.39. The molecule has 2 atom stereocenters. The lowest BCUT2D eigenvalue weighted by molar-refractivity contribution is 0.0655. The van der Waals surface area contributed by atoms with Crippen LogP contribution in [0.1, 0.15) is 44.6 Å². The number of aromatic amines is 1. The van der Waals surface area contributed by atoms with Gasteiger partial charge in [0.2, 0.25) is 0 Å². The molecule has 0 saturated carbocycles. The number of hydrogen-bond donors (Lipinski definition) is 3. The number of aliphatic hydroxyl groups excluding tert-OH is 1. The summed E-state index contributed by atoms with van der Waals surface area (Å²) in [6, 6.07) is 10.8. The minimum absolute atomic E-state index is 0.0373. The molecule has 9 nitrogen and oxygen atoms in total. The van der Waals surface area contributed by atoms with Crippen molar-refractivity contribution in [3.05, 3.63) is 89.0 Å². The van der Waals surface area contributed by atoms with Crippen LogP contribution in [-0.4, -0.2) is 60.3 Å². The van der Waals surface area contributed by atoms with E-state index < -0.39 is 5.91 Å². The predicted molar refractivity (Wildman–Crippen MR) is 126 cm³/mol. The summed E-state index contributed by atoms with van der Waals surface area (Å²) in [5, 5.41) is 12.9. The second-order valence-corrected chi connectivity index (χ2v) is 8.74. The van der Waals surface area contributed by atoms with Crippen LogP contribution < -0.4 is 5.32 Å². The third kappa shape index (κ3) is 4.27. The molecule has 1 fully saturated rings. The van der Waals surface area contributed by atoms with Gasteiger partial charge in [-0.05, 0) is 36.2 Å². The van der Waals surface area contributed by atoms with E-state index in [2.05, 4.69) is 20.3 Å². The van der Waals surface area contributed by atoms with E-state index in [9.17, 15) is 14.7 Å². The Morgan fingerprint density at radius 2 is 2.12 bits per heavy atom. The predicted octanol–water partition coefficient (Wildman–Crippen LogP) is 2.63. The lowest BCUT2D eigenvalue weighted by Crippen LogP contribution is -2.53. The van der Waals surface area contributed by atoms with Crippen molar-refractivity contribution in [2.24, 2.45) is 0 Å². The number of amides is 2. The van der Waals surface area contributed by atoms with Crippen LogP contribution in [0.25, 0.3) is 5.52 Å². The highest BCUT2D eigenvalue weighted by Gasteiger charge is 2.35. The molecular weight excluding hydrogens is 456 g/mol. The van der Waals surface area contributed by atoms with Gasteiger partial charge < -0.3 is 24.7 Å². The smallest absolute Gasteiger partial charge is 0.287 e. The Labute approximate surface area is 200 Å². The van der Waals surface area contributed by atoms with Crippen molar-refractivity contribution in [3.8, 4) is 0 Å². The Bertz CT molecular complexity index is 1350. The first-order valence-corrected chi connectivity index (χ1v) is 11.3. The summed E-state index contributed by atoms with van der Waals surface area (Å²) in [7, 11) is 0. The minimum atomic E-state index is -0.399. The zero-order valence-corrected chi connectivity index (χ0v) is 18.9. The van der Waals surface area contributed by atoms with Crippen LogP contribution in [0.2, 0.25) is 5.02 Å². The highest BCUT2D eigenvalue weighted by Crippen LogP contribution is 2.31. The number of aromatic nitrogens is 4. The van der Waals surface area contributed by atoms with Crippen LogP contribution in [-0.2, 0) is 6.61 Å². The molecule has 10 heteroatoms. The number of aliphatic hydroxyl groups is 1. The van der Waals surface area contributed by atoms with Crippen molar-refractivity contribution in [1.29, 1.82) is 0 Å². The number of carbonyl (C=O) groups is 2. The lowest BCUT2D eigenvalue weighted by atomic mass is 9.85. The van der Waals surface area contributed by atoms with Gasteiger partial charge in [-0.15, -0.1) is 0 Å². The number of halogens is 1. The van der Waals surface area contributed by atoms with Gasteiger partial charge in [0.15, 0.2) is 5.82 Å². The summed E-state index contributed by atoms with van der Waals surface area (Å²) in [4.78, 5) is 39.2. The summed E-state index contributed by atoms with van der Waals surface area (Å²) < 4.78 is 1.81. The van der Waals surface area contributed by atoms with Crippen LogP contribution in [0.15, 0.2) is 61.3 Å². The van der Waals surface area contributed by atoms with Crippen molar-refractivity contribution >= 4 is 28.9 Å². The number of hydrogen-bond acceptors (Lipinski definition) is 5. The van der Waals surface area contributed by atoms with Crippen molar-refractivity contribution < 1.29 is 14.7 Å². The first-order valence-electron chi connectivity index (χ1n) is 10.9. The SMILES string of the molecule is O=C(N[C@@H]1CN(C(=O)c2cccn3cncc23)CC[C@H]1c1cccc(Cl)c1)c1ncc(CO)[nH]1. The van der Waals surface area contributed by atoms with Gasteiger partial charge in [-0.25, -0.2) is 9.97 Å². The summed E-state index contributed by atoms with van der Waals surface area (Å²) in [5.41, 5.74) is 2.74. The Kier molecular flexibility index (Phi) is 6.04. The van der Waals surface area contributed by atoms with Gasteiger partial charge in [0.25, 0.3) is 11.8 Å². The number of benzene rings is 1. The quantitative estimate of drug-likeness (QED) is 0.408. The number of piperidine rings is 1. The summed E-state index contributed by atoms with van der Waals surface area (Å²) in [6.07, 6.45) is 7.24. The summed E-state index contributed by atoms with van der Waals surface area (Å²) in [6.45, 7) is 0.620. The standard InChI is InChI=1S/C24H23ClN6O3/c25-16-4-1-3-15(9-16)18-6-8-30(24(34)19-5-2-7-31-14-26-11-21(19)31)12-20(18)29-23(33)22-27-10-17(13-32)28-22/h1-5,7,9-11,14,18,20,32H,6,8,12-13H2,(H,27,28)(H,29,33)/t18-,20+/m0/s1. The molecule has 174 valence electrons. The zero-order chi connectivity index (χ0) is 23.7. The second kappa shape index (κ2) is 9.28. The molecular formula is C24H23ClN6O3. The van der Waals surface area contributed by atoms with Gasteiger partial charge in [-0.3, -0.25) is 9.59 Å². The minimum Gasteiger partial charge on any atom is -0.390 e. The third-order valence-corrected chi connectivity index (χ3v) is 6.42. The highest BCUT2D eigenvalue weighted by atomic mass is 35.5. The van der Waals surface area contributed by atoms with E-state index in [-0.39, 0.29) is 30.3 Å². The Morgan fingerprint density at radius 3 is 2.91 bits per heavy atom. The Morgan fingerprint density at radius 1 is 1.24 bits per heavy atom. The zero-order valence-electron chi connectivity index (χ0n) is 18.2. The van der Waals surface area contributed by atoms with E-state index >= 15 is 0 Å². The number of imidazole rings is 2. The largest absolute Gasteiger partial charge is 0.390 e. The number of H-pyrrole nitrogens is 1. The fourth-order valence-electron chi connectivity index (χ4n) is 4.51. The fraction of sp³-hybridized carbons (Fsp3) is 0.250. The molecule has 4 aromatic rings. The molecule has 34 heavy (non-hydrogen) atoms. The van der Waals surface area contributed by atoms with Crippen molar-refractivity contribution in [1.82, 2.24) is 29.6 Å². The summed E-state index contributed by atoms with van der Waals surface area (Å²) >= 11 is 6.24. The molecule has 2 amide bonds. The second-order valence-electron chi connectivity index (χ2n) is 8.30. The average molecular weight is 479 g/mol. The van der Waals surface area contributed by atoms with Crippen LogP contribution in [0.3, 0.4) is 0 Å². The van der Waals surface area contributed by atoms with Gasteiger partial charge in [-0.2, -0.15) is 0 Å². The molecule has 3 N–H and O–H groups in total. The molecule has 1 aliphatic heterocycles. The van der Waals surface area contributed by atoms with Crippen LogP contribution in [0, 0.1) is 0 Å². The van der Waals surface area contributed by atoms with E-state index in [4.69, 9.17) is 11.6 Å². The number of carbonyl (C=O) groups excluding carboxylic acids is 2. The maximum Gasteiger partial charge on any atom is 0.287 e. The Balaban J connectivity index is 1.42. The fourth-order valence-corrected chi connectivity index (χ4v) is 4.71. The molecule has 1 saturated heterocycles. The monoisotopic (exact) mass is 478 g/mol. The van der Waals surface area contributed by atoms with Gasteiger partial charge in [-0.1, -0.05) is 23.7 Å². The molecule has 5 rings (SSSR count). The molecule has 3 aromatic heterocycles. The van der Waals surface area contributed by atoms with Gasteiger partial charge in [0.05, 0.1) is 48.1 Å². The van der Waals surface area contributed by atoms with Crippen LogP contribution in [0.4, 0.5) is 0 Å². The van der Waals surface area contributed by atoms with Crippen LogP contribution in [0.5, 0.6) is 0 Å². The molecule has 1 aromatic carbocycles. The van der Waals surface area contributed by atoms with E-state index in [0.29, 0.717) is 35.8 Å². The van der Waals surface area contributed by atoms with Crippen molar-refractivity contribution in [3.63, 3.8) is 0 Å². The van der Waals surface area contributed by atoms with E-state index in [1.54, 1.807) is 27.9 Å². The van der Waals surface area contributed by atoms with Gasteiger partial charge >= 0.3 is 0 Å². The first-order chi connectivity index (χ1) is 16.5. The van der Waals surface area contributed by atoms with Crippen molar-refractivity contribution in [2.75, 3.05) is 13.1 Å². The van der Waals surface area contributed by atoms with E-state index in [1.807, 2.05) is 36.5 Å². The normalized spacial score (nSPS) is 18.2. The third-order valence-electron chi connectivity index (χ3n) is 6.19. The number of fused-ring (bicyclic) bond motifs is 1.